The Hall–Kier alpha value is -6.43. The van der Waals surface area contributed by atoms with Gasteiger partial charge in [-0.25, -0.2) is 23.2 Å². The number of benzene rings is 4. The van der Waals surface area contributed by atoms with Gasteiger partial charge >= 0.3 is 18.0 Å². The summed E-state index contributed by atoms with van der Waals surface area (Å²) in [7, 11) is 6.23. The maximum atomic E-state index is 14.9. The number of nitrogens with one attached hydrogen (secondary N) is 2. The van der Waals surface area contributed by atoms with E-state index >= 15 is 0 Å². The third kappa shape index (κ3) is 11.8. The van der Waals surface area contributed by atoms with E-state index in [1.165, 1.54) is 65.1 Å². The van der Waals surface area contributed by atoms with Crippen molar-refractivity contribution in [2.75, 3.05) is 89.9 Å². The maximum absolute atomic E-state index is 14.9. The van der Waals surface area contributed by atoms with Gasteiger partial charge in [-0.1, -0.05) is 26.0 Å². The Morgan fingerprint density at radius 2 is 1.22 bits per heavy atom. The van der Waals surface area contributed by atoms with Gasteiger partial charge in [0.2, 0.25) is 0 Å². The molecular weight excluding hydrogens is 823 g/mol. The SMILES string of the molecule is CCN1CCN(C(=O)N(Cc2ccc(C(=O)OC)cc2F)c2ccc3cnn(C)c3c2)CC1.CCN1CCNCC1.COC(=O)c1ccc(CNc2ccc3cnn(C)c3c2)c(F)c1. The molecule has 8 rings (SSSR count). The molecule has 0 saturated carbocycles. The standard InChI is InChI=1S/C24H28FN5O3.C17H16FN3O2.C6H14N2/c1-4-28-9-11-29(12-10-28)24(32)30(20-8-7-18-15-26-27(2)22(18)14-20)16-19-6-5-17(13-21(19)25)23(31)33-3;1-21-16-8-14(6-5-13(16)10-20-21)19-9-12-4-3-11(7-15(12)18)17(22)23-2;1-2-8-5-3-7-4-6-8/h5-8,13-15H,4,9-12,16H2,1-3H3;3-8,10,19H,9H2,1-2H3;7H,2-6H2,1H3. The molecule has 4 aromatic carbocycles. The van der Waals surface area contributed by atoms with E-state index in [4.69, 9.17) is 0 Å². The number of piperazine rings is 2. The second-order valence-electron chi connectivity index (χ2n) is 15.5. The number of esters is 2. The quantitative estimate of drug-likeness (QED) is 0.150. The second-order valence-corrected chi connectivity index (χ2v) is 15.5. The summed E-state index contributed by atoms with van der Waals surface area (Å²) < 4.78 is 41.7. The largest absolute Gasteiger partial charge is 0.465 e. The van der Waals surface area contributed by atoms with Gasteiger partial charge in [0.25, 0.3) is 0 Å². The molecule has 64 heavy (non-hydrogen) atoms. The molecular formula is C47H58F2N10O5. The van der Waals surface area contributed by atoms with Crippen molar-refractivity contribution in [2.45, 2.75) is 26.9 Å². The number of halogens is 2. The fraction of sp³-hybridized carbons (Fsp3) is 0.383. The van der Waals surface area contributed by atoms with Crippen LogP contribution in [0.3, 0.4) is 0 Å². The van der Waals surface area contributed by atoms with Crippen LogP contribution in [0.4, 0.5) is 25.0 Å². The predicted molar refractivity (Wildman–Crippen MR) is 244 cm³/mol. The Morgan fingerprint density at radius 3 is 1.75 bits per heavy atom. The van der Waals surface area contributed by atoms with Crippen LogP contribution in [0.15, 0.2) is 85.2 Å². The number of nitrogens with zero attached hydrogens (tertiary/aromatic N) is 8. The van der Waals surface area contributed by atoms with Gasteiger partial charge < -0.3 is 34.8 Å². The molecule has 2 amide bonds. The monoisotopic (exact) mass is 880 g/mol. The summed E-state index contributed by atoms with van der Waals surface area (Å²) in [5.41, 5.74) is 4.52. The summed E-state index contributed by atoms with van der Waals surface area (Å²) in [4.78, 5) is 44.9. The van der Waals surface area contributed by atoms with Crippen molar-refractivity contribution in [3.63, 3.8) is 0 Å². The van der Waals surface area contributed by atoms with Crippen molar-refractivity contribution in [1.82, 2.24) is 39.6 Å². The van der Waals surface area contributed by atoms with Gasteiger partial charge in [0.1, 0.15) is 11.6 Å². The molecule has 0 radical (unpaired) electrons. The molecule has 0 atom stereocenters. The fourth-order valence-corrected chi connectivity index (χ4v) is 7.50. The highest BCUT2D eigenvalue weighted by atomic mass is 19.1. The third-order valence-electron chi connectivity index (χ3n) is 11.5. The maximum Gasteiger partial charge on any atom is 0.337 e. The number of amides is 2. The van der Waals surface area contributed by atoms with E-state index in [1.54, 1.807) is 43.7 Å². The van der Waals surface area contributed by atoms with E-state index in [-0.39, 0.29) is 23.7 Å². The number of anilines is 2. The Kier molecular flexibility index (Phi) is 16.4. The number of rotatable bonds is 10. The number of fused-ring (bicyclic) bond motifs is 2. The zero-order chi connectivity index (χ0) is 45.8. The zero-order valence-electron chi connectivity index (χ0n) is 37.4. The van der Waals surface area contributed by atoms with E-state index < -0.39 is 23.6 Å². The van der Waals surface area contributed by atoms with Gasteiger partial charge in [0.15, 0.2) is 0 Å². The molecule has 0 unspecified atom stereocenters. The molecule has 0 spiro atoms. The Balaban J connectivity index is 0.000000189. The van der Waals surface area contributed by atoms with E-state index in [0.29, 0.717) is 36.4 Å². The van der Waals surface area contributed by atoms with Gasteiger partial charge in [0.05, 0.1) is 55.3 Å². The van der Waals surface area contributed by atoms with Crippen LogP contribution in [0.2, 0.25) is 0 Å². The van der Waals surface area contributed by atoms with Crippen LogP contribution in [-0.4, -0.2) is 132 Å². The molecule has 2 saturated heterocycles. The lowest BCUT2D eigenvalue weighted by molar-refractivity contribution is 0.0591. The van der Waals surface area contributed by atoms with Crippen molar-refractivity contribution < 1.29 is 32.6 Å². The molecule has 6 aromatic rings. The minimum absolute atomic E-state index is 0.0312. The van der Waals surface area contributed by atoms with Crippen molar-refractivity contribution in [3.8, 4) is 0 Å². The number of ether oxygens (including phenoxy) is 2. The first-order chi connectivity index (χ1) is 30.9. The number of carbonyl (C=O) groups excluding carboxylic acids is 3. The van der Waals surface area contributed by atoms with Crippen molar-refractivity contribution >= 4 is 51.2 Å². The summed E-state index contributed by atoms with van der Waals surface area (Å²) in [6.45, 7) is 14.5. The predicted octanol–water partition coefficient (Wildman–Crippen LogP) is 6.29. The van der Waals surface area contributed by atoms with Crippen LogP contribution in [-0.2, 0) is 36.7 Å². The Morgan fingerprint density at radius 1 is 0.688 bits per heavy atom. The molecule has 340 valence electrons. The minimum Gasteiger partial charge on any atom is -0.465 e. The molecule has 0 bridgehead atoms. The smallest absolute Gasteiger partial charge is 0.337 e. The first kappa shape index (κ1) is 47.1. The lowest BCUT2D eigenvalue weighted by Gasteiger charge is -2.37. The summed E-state index contributed by atoms with van der Waals surface area (Å²) in [5.74, 6) is -2.16. The minimum atomic E-state index is -0.608. The summed E-state index contributed by atoms with van der Waals surface area (Å²) in [6, 6.07) is 19.8. The van der Waals surface area contributed by atoms with Gasteiger partial charge in [-0.2, -0.15) is 10.2 Å². The number of urea groups is 1. The topological polar surface area (TPSA) is 142 Å². The fourth-order valence-electron chi connectivity index (χ4n) is 7.50. The first-order valence-corrected chi connectivity index (χ1v) is 21.5. The van der Waals surface area contributed by atoms with Gasteiger partial charge in [0, 0.05) is 106 Å². The zero-order valence-corrected chi connectivity index (χ0v) is 37.4. The van der Waals surface area contributed by atoms with Crippen LogP contribution in [0, 0.1) is 11.6 Å². The second kappa shape index (κ2) is 22.3. The third-order valence-corrected chi connectivity index (χ3v) is 11.5. The van der Waals surface area contributed by atoms with Crippen molar-refractivity contribution in [3.05, 3.63) is 119 Å². The molecule has 15 nitrogen and oxygen atoms in total. The Labute approximate surface area is 372 Å². The van der Waals surface area contributed by atoms with Gasteiger partial charge in [-0.15, -0.1) is 0 Å². The number of carbonyl (C=O) groups is 3. The molecule has 2 aliphatic heterocycles. The first-order valence-electron chi connectivity index (χ1n) is 21.5. The average Bonchev–Trinajstić information content (AvgIpc) is 3.90. The summed E-state index contributed by atoms with van der Waals surface area (Å²) in [5, 5.41) is 17.0. The van der Waals surface area contributed by atoms with E-state index in [9.17, 15) is 23.2 Å². The molecule has 0 aliphatic carbocycles. The lowest BCUT2D eigenvalue weighted by Crippen LogP contribution is -2.52. The molecule has 2 N–H and O–H groups in total. The van der Waals surface area contributed by atoms with Crippen molar-refractivity contribution in [1.29, 1.82) is 0 Å². The highest BCUT2D eigenvalue weighted by molar-refractivity contribution is 5.95. The van der Waals surface area contributed by atoms with Gasteiger partial charge in [-0.05, 0) is 73.8 Å². The number of aryl methyl sites for hydroxylation is 2. The highest BCUT2D eigenvalue weighted by Gasteiger charge is 2.27. The van der Waals surface area contributed by atoms with Gasteiger partial charge in [-0.3, -0.25) is 14.3 Å². The van der Waals surface area contributed by atoms with Crippen molar-refractivity contribution in [2.24, 2.45) is 14.1 Å². The summed E-state index contributed by atoms with van der Waals surface area (Å²) in [6.07, 6.45) is 3.56. The van der Waals surface area contributed by atoms with E-state index in [2.05, 4.69) is 54.0 Å². The van der Waals surface area contributed by atoms with E-state index in [1.807, 2.05) is 50.5 Å². The molecule has 17 heteroatoms. The van der Waals surface area contributed by atoms with Crippen LogP contribution in [0.1, 0.15) is 45.7 Å². The molecule has 2 fully saturated rings. The number of aromatic nitrogens is 4. The lowest BCUT2D eigenvalue weighted by atomic mass is 10.1. The van der Waals surface area contributed by atoms with E-state index in [0.717, 1.165) is 53.2 Å². The molecule has 2 aromatic heterocycles. The molecule has 2 aliphatic rings. The number of likely N-dealkylation sites (N-methyl/N-ethyl adjacent to an activating group) is 2. The highest BCUT2D eigenvalue weighted by Crippen LogP contribution is 2.26. The van der Waals surface area contributed by atoms with Crippen LogP contribution < -0.4 is 15.5 Å². The number of methoxy groups -OCH3 is 2. The van der Waals surface area contributed by atoms with Crippen LogP contribution in [0.5, 0.6) is 0 Å². The normalized spacial score (nSPS) is 14.3. The Bertz CT molecular complexity index is 2530. The number of hydrogen-bond donors (Lipinski definition) is 2. The molecule has 4 heterocycles. The van der Waals surface area contributed by atoms with Crippen LogP contribution >= 0.6 is 0 Å². The number of hydrogen-bond acceptors (Lipinski definition) is 11. The van der Waals surface area contributed by atoms with Crippen LogP contribution in [0.25, 0.3) is 21.8 Å². The summed E-state index contributed by atoms with van der Waals surface area (Å²) >= 11 is 0. The average molecular weight is 881 g/mol.